The minimum absolute atomic E-state index is 0.141. The molecular weight excluding hydrogens is 405 g/mol. The lowest BCUT2D eigenvalue weighted by Crippen LogP contribution is -2.51. The number of hydrogen-bond acceptors (Lipinski definition) is 4. The summed E-state index contributed by atoms with van der Waals surface area (Å²) in [5, 5.41) is 12.4. The molecule has 2 aliphatic rings. The number of amides is 1. The number of benzene rings is 1. The zero-order valence-electron chi connectivity index (χ0n) is 17.3. The van der Waals surface area contributed by atoms with Crippen molar-refractivity contribution in [3.05, 3.63) is 65.7 Å². The zero-order valence-corrected chi connectivity index (χ0v) is 17.3. The van der Waals surface area contributed by atoms with E-state index in [1.54, 1.807) is 4.90 Å². The predicted octanol–water partition coefficient (Wildman–Crippen LogP) is 4.08. The molecule has 162 valence electrons. The summed E-state index contributed by atoms with van der Waals surface area (Å²) in [6.45, 7) is 3.68. The summed E-state index contributed by atoms with van der Waals surface area (Å²) in [5.74, 6) is -4.38. The van der Waals surface area contributed by atoms with Crippen molar-refractivity contribution in [3.63, 3.8) is 0 Å². The van der Waals surface area contributed by atoms with Crippen molar-refractivity contribution in [3.8, 4) is 6.07 Å². The fourth-order valence-electron chi connectivity index (χ4n) is 4.53. The van der Waals surface area contributed by atoms with Gasteiger partial charge in [-0.2, -0.15) is 14.0 Å². The van der Waals surface area contributed by atoms with Crippen molar-refractivity contribution < 1.29 is 18.0 Å². The quantitative estimate of drug-likeness (QED) is 0.753. The third-order valence-electron chi connectivity index (χ3n) is 6.13. The van der Waals surface area contributed by atoms with E-state index in [1.807, 2.05) is 13.8 Å². The first-order valence-corrected chi connectivity index (χ1v) is 10.2. The number of hydrogen-bond donors (Lipinski definition) is 1. The lowest BCUT2D eigenvalue weighted by molar-refractivity contribution is -0.135. The zero-order chi connectivity index (χ0) is 22.4. The molecule has 1 saturated carbocycles. The van der Waals surface area contributed by atoms with Crippen molar-refractivity contribution >= 4 is 5.91 Å². The van der Waals surface area contributed by atoms with Gasteiger partial charge in [-0.15, -0.1) is 0 Å². The highest BCUT2D eigenvalue weighted by Crippen LogP contribution is 2.50. The molecule has 1 saturated heterocycles. The van der Waals surface area contributed by atoms with Gasteiger partial charge in [0.25, 0.3) is 0 Å². The highest BCUT2D eigenvalue weighted by atomic mass is 19.3. The minimum Gasteiger partial charge on any atom is -0.317 e. The summed E-state index contributed by atoms with van der Waals surface area (Å²) in [5.41, 5.74) is -1.82. The highest BCUT2D eigenvalue weighted by Gasteiger charge is 2.61. The largest absolute Gasteiger partial charge is 0.317 e. The molecule has 2 heterocycles. The van der Waals surface area contributed by atoms with Crippen molar-refractivity contribution in [1.82, 2.24) is 15.2 Å². The van der Waals surface area contributed by atoms with Crippen molar-refractivity contribution in [1.29, 1.82) is 5.26 Å². The highest BCUT2D eigenvalue weighted by molar-refractivity contribution is 5.87. The van der Waals surface area contributed by atoms with Crippen LogP contribution < -0.4 is 5.32 Å². The van der Waals surface area contributed by atoms with Gasteiger partial charge in [-0.3, -0.25) is 15.1 Å². The molecule has 5 nitrogen and oxygen atoms in total. The number of carbonyl (C=O) groups is 1. The van der Waals surface area contributed by atoms with Crippen molar-refractivity contribution in [2.45, 2.75) is 62.2 Å². The second-order valence-corrected chi connectivity index (χ2v) is 8.88. The van der Waals surface area contributed by atoms with Crippen LogP contribution in [0.4, 0.5) is 13.2 Å². The van der Waals surface area contributed by atoms with Gasteiger partial charge in [0.05, 0.1) is 12.1 Å². The van der Waals surface area contributed by atoms with Crippen LogP contribution in [0.2, 0.25) is 0 Å². The van der Waals surface area contributed by atoms with E-state index in [0.29, 0.717) is 12.8 Å². The topological polar surface area (TPSA) is 69.0 Å². The number of likely N-dealkylation sites (tertiary alicyclic amines) is 1. The molecule has 2 atom stereocenters. The van der Waals surface area contributed by atoms with Crippen LogP contribution in [0, 0.1) is 17.1 Å². The second kappa shape index (κ2) is 7.34. The number of halogens is 3. The predicted molar refractivity (Wildman–Crippen MR) is 107 cm³/mol. The van der Waals surface area contributed by atoms with E-state index in [2.05, 4.69) is 16.4 Å². The maximum absolute atomic E-state index is 15.6. The van der Waals surface area contributed by atoms with Crippen LogP contribution in [0.5, 0.6) is 0 Å². The monoisotopic (exact) mass is 428 g/mol. The van der Waals surface area contributed by atoms with E-state index in [4.69, 9.17) is 0 Å². The summed E-state index contributed by atoms with van der Waals surface area (Å²) in [6, 6.07) is 8.72. The lowest BCUT2D eigenvalue weighted by Gasteiger charge is -2.35. The molecule has 0 radical (unpaired) electrons. The number of nitriles is 1. The fraction of sp³-hybridized carbons (Fsp3) is 0.435. The number of nitrogens with zero attached hydrogens (tertiary/aromatic N) is 3. The van der Waals surface area contributed by atoms with E-state index in [9.17, 15) is 14.4 Å². The molecule has 1 amide bonds. The van der Waals surface area contributed by atoms with Gasteiger partial charge in [-0.1, -0.05) is 18.2 Å². The van der Waals surface area contributed by atoms with Crippen LogP contribution in [-0.4, -0.2) is 32.9 Å². The summed E-state index contributed by atoms with van der Waals surface area (Å²) in [6.07, 6.45) is 2.71. The summed E-state index contributed by atoms with van der Waals surface area (Å²) >= 11 is 0. The first kappa shape index (κ1) is 21.3. The van der Waals surface area contributed by atoms with Gasteiger partial charge in [0.1, 0.15) is 23.1 Å². The van der Waals surface area contributed by atoms with Gasteiger partial charge in [-0.05, 0) is 62.9 Å². The minimum atomic E-state index is -3.47. The number of alkyl halides is 2. The molecule has 4 rings (SSSR count). The third kappa shape index (κ3) is 3.68. The molecule has 0 unspecified atom stereocenters. The molecule has 1 aliphatic carbocycles. The average Bonchev–Trinajstić information content (AvgIpc) is 3.48. The summed E-state index contributed by atoms with van der Waals surface area (Å²) < 4.78 is 44.6. The van der Waals surface area contributed by atoms with Crippen LogP contribution in [0.1, 0.15) is 50.4 Å². The second-order valence-electron chi connectivity index (χ2n) is 8.88. The van der Waals surface area contributed by atoms with E-state index < -0.39 is 40.6 Å². The van der Waals surface area contributed by atoms with Gasteiger partial charge < -0.3 is 4.90 Å². The first-order valence-electron chi connectivity index (χ1n) is 10.2. The van der Waals surface area contributed by atoms with E-state index >= 15 is 8.78 Å². The molecule has 1 aliphatic heterocycles. The number of pyridine rings is 1. The van der Waals surface area contributed by atoms with Crippen molar-refractivity contribution in [2.24, 2.45) is 0 Å². The van der Waals surface area contributed by atoms with Gasteiger partial charge in [0.2, 0.25) is 5.91 Å². The molecule has 0 spiro atoms. The molecule has 8 heteroatoms. The summed E-state index contributed by atoms with van der Waals surface area (Å²) in [7, 11) is 0. The van der Waals surface area contributed by atoms with Gasteiger partial charge in [0, 0.05) is 11.7 Å². The Balaban J connectivity index is 1.70. The Labute approximate surface area is 178 Å². The Kier molecular flexibility index (Phi) is 5.05. The van der Waals surface area contributed by atoms with Crippen LogP contribution >= 0.6 is 0 Å². The van der Waals surface area contributed by atoms with Crippen LogP contribution in [0.15, 0.2) is 48.7 Å². The molecule has 31 heavy (non-hydrogen) atoms. The molecule has 1 aromatic carbocycles. The lowest BCUT2D eigenvalue weighted by atomic mass is 9.94. The Bertz CT molecular complexity index is 1010. The smallest absolute Gasteiger partial charge is 0.308 e. The summed E-state index contributed by atoms with van der Waals surface area (Å²) in [4.78, 5) is 18.6. The number of rotatable bonds is 6. The normalized spacial score (nSPS) is 22.8. The SMILES string of the molecule is CC1(C)C[C@H](N[C@@H](c2ccc(F)cc2)C(F)(F)c2ccccn2)C(=O)N1C1(C#N)CC1. The number of nitrogens with one attached hydrogen (secondary N) is 1. The standard InChI is InChI=1S/C23H23F3N4O/c1-21(2)13-17(20(31)30(21)22(14-27)10-11-22)29-19(15-6-8-16(24)9-7-15)23(25,26)18-5-3-4-12-28-18/h3-9,12,17,19,29H,10-11,13H2,1-2H3/t17-,19-/m0/s1. The fourth-order valence-corrected chi connectivity index (χ4v) is 4.53. The van der Waals surface area contributed by atoms with Crippen LogP contribution in [0.25, 0.3) is 0 Å². The van der Waals surface area contributed by atoms with Gasteiger partial charge >= 0.3 is 5.92 Å². The molecule has 0 bridgehead atoms. The maximum atomic E-state index is 15.6. The molecule has 1 N–H and O–H groups in total. The third-order valence-corrected chi connectivity index (χ3v) is 6.13. The van der Waals surface area contributed by atoms with Gasteiger partial charge in [0.15, 0.2) is 0 Å². The average molecular weight is 428 g/mol. The number of aromatic nitrogens is 1. The molecule has 1 aromatic heterocycles. The Morgan fingerprint density at radius 2 is 1.90 bits per heavy atom. The van der Waals surface area contributed by atoms with Gasteiger partial charge in [-0.25, -0.2) is 4.39 Å². The molecule has 2 fully saturated rings. The maximum Gasteiger partial charge on any atom is 0.308 e. The molecule has 2 aromatic rings. The van der Waals surface area contributed by atoms with Crippen LogP contribution in [-0.2, 0) is 10.7 Å². The Hall–Kier alpha value is -2.92. The van der Waals surface area contributed by atoms with E-state index in [-0.39, 0.29) is 17.9 Å². The Morgan fingerprint density at radius 1 is 1.23 bits per heavy atom. The van der Waals surface area contributed by atoms with E-state index in [0.717, 1.165) is 12.1 Å². The van der Waals surface area contributed by atoms with E-state index in [1.165, 1.54) is 36.5 Å². The number of carbonyl (C=O) groups excluding carboxylic acids is 1. The first-order chi connectivity index (χ1) is 14.6. The molecular formula is C23H23F3N4O. The van der Waals surface area contributed by atoms with Crippen LogP contribution in [0.3, 0.4) is 0 Å². The Morgan fingerprint density at radius 3 is 2.45 bits per heavy atom. The van der Waals surface area contributed by atoms with Crippen molar-refractivity contribution in [2.75, 3.05) is 0 Å².